The summed E-state index contributed by atoms with van der Waals surface area (Å²) in [4.78, 5) is 27.8. The number of rotatable bonds is 4. The lowest BCUT2D eigenvalue weighted by atomic mass is 10.1. The van der Waals surface area contributed by atoms with Crippen molar-refractivity contribution in [3.05, 3.63) is 29.8 Å². The molecule has 7 heteroatoms. The Morgan fingerprint density at radius 3 is 2.58 bits per heavy atom. The van der Waals surface area contributed by atoms with E-state index in [1.165, 1.54) is 0 Å². The van der Waals surface area contributed by atoms with Crippen LogP contribution < -0.4 is 5.32 Å². The molecule has 1 heterocycles. The van der Waals surface area contributed by atoms with Crippen LogP contribution in [-0.4, -0.2) is 60.6 Å². The van der Waals surface area contributed by atoms with Gasteiger partial charge in [0.2, 0.25) is 5.91 Å². The van der Waals surface area contributed by atoms with Crippen molar-refractivity contribution in [2.45, 2.75) is 19.9 Å². The van der Waals surface area contributed by atoms with Crippen LogP contribution in [0, 0.1) is 11.3 Å². The predicted octanol–water partition coefficient (Wildman–Crippen LogP) is 1.66. The molecule has 0 aromatic heterocycles. The zero-order valence-electron chi connectivity index (χ0n) is 14.0. The standard InChI is InChI=1S/C17H22N4O3/c1-3-24-17(23)21-10-8-20(9-11-21)13(2)16(22)19-15-7-5-4-6-14(15)12-18/h4-7,13H,3,8-11H2,1-2H3,(H,19,22)/t13-/m0/s1. The number of hydrogen-bond acceptors (Lipinski definition) is 5. The highest BCUT2D eigenvalue weighted by Crippen LogP contribution is 2.15. The third-order valence-corrected chi connectivity index (χ3v) is 4.07. The van der Waals surface area contributed by atoms with E-state index in [0.29, 0.717) is 44.0 Å². The maximum Gasteiger partial charge on any atom is 0.409 e. The molecule has 1 aliphatic heterocycles. The average Bonchev–Trinajstić information content (AvgIpc) is 2.61. The summed E-state index contributed by atoms with van der Waals surface area (Å²) in [5.74, 6) is -0.165. The molecule has 7 nitrogen and oxygen atoms in total. The van der Waals surface area contributed by atoms with Crippen LogP contribution in [-0.2, 0) is 9.53 Å². The summed E-state index contributed by atoms with van der Waals surface area (Å²) in [7, 11) is 0. The van der Waals surface area contributed by atoms with Crippen molar-refractivity contribution in [3.63, 3.8) is 0 Å². The van der Waals surface area contributed by atoms with E-state index in [1.807, 2.05) is 11.8 Å². The number of amides is 2. The zero-order chi connectivity index (χ0) is 17.5. The van der Waals surface area contributed by atoms with E-state index >= 15 is 0 Å². The number of benzene rings is 1. The second-order valence-electron chi connectivity index (χ2n) is 5.54. The molecule has 0 unspecified atom stereocenters. The molecular weight excluding hydrogens is 308 g/mol. The molecule has 1 saturated heterocycles. The lowest BCUT2D eigenvalue weighted by Crippen LogP contribution is -2.54. The minimum Gasteiger partial charge on any atom is -0.450 e. The minimum absolute atomic E-state index is 0.165. The highest BCUT2D eigenvalue weighted by Gasteiger charge is 2.28. The summed E-state index contributed by atoms with van der Waals surface area (Å²) >= 11 is 0. The van der Waals surface area contributed by atoms with Gasteiger partial charge in [0.1, 0.15) is 6.07 Å². The smallest absolute Gasteiger partial charge is 0.409 e. The van der Waals surface area contributed by atoms with Gasteiger partial charge in [0, 0.05) is 26.2 Å². The molecule has 1 aliphatic rings. The molecule has 24 heavy (non-hydrogen) atoms. The molecule has 1 N–H and O–H groups in total. The van der Waals surface area contributed by atoms with Gasteiger partial charge in [-0.15, -0.1) is 0 Å². The molecule has 0 bridgehead atoms. The first-order valence-electron chi connectivity index (χ1n) is 8.02. The fourth-order valence-electron chi connectivity index (χ4n) is 2.60. The van der Waals surface area contributed by atoms with Gasteiger partial charge in [-0.2, -0.15) is 5.26 Å². The number of carbonyl (C=O) groups excluding carboxylic acids is 2. The average molecular weight is 330 g/mol. The summed E-state index contributed by atoms with van der Waals surface area (Å²) in [5.41, 5.74) is 0.951. The van der Waals surface area contributed by atoms with Crippen LogP contribution in [0.2, 0.25) is 0 Å². The van der Waals surface area contributed by atoms with Gasteiger partial charge in [-0.1, -0.05) is 12.1 Å². The topological polar surface area (TPSA) is 85.7 Å². The molecule has 2 amide bonds. The van der Waals surface area contributed by atoms with Crippen molar-refractivity contribution in [1.82, 2.24) is 9.80 Å². The van der Waals surface area contributed by atoms with Crippen LogP contribution in [0.25, 0.3) is 0 Å². The van der Waals surface area contributed by atoms with E-state index in [2.05, 4.69) is 11.4 Å². The fourth-order valence-corrected chi connectivity index (χ4v) is 2.60. The summed E-state index contributed by atoms with van der Waals surface area (Å²) in [6.07, 6.45) is -0.308. The van der Waals surface area contributed by atoms with Gasteiger partial charge in [-0.25, -0.2) is 4.79 Å². The zero-order valence-corrected chi connectivity index (χ0v) is 14.0. The number of piperazine rings is 1. The second-order valence-corrected chi connectivity index (χ2v) is 5.54. The Morgan fingerprint density at radius 1 is 1.29 bits per heavy atom. The SMILES string of the molecule is CCOC(=O)N1CCN([C@@H](C)C(=O)Nc2ccccc2C#N)CC1. The normalized spacial score (nSPS) is 16.1. The number of para-hydroxylation sites is 1. The number of hydrogen-bond donors (Lipinski definition) is 1. The molecule has 0 aliphatic carbocycles. The van der Waals surface area contributed by atoms with E-state index in [4.69, 9.17) is 10.00 Å². The Bertz CT molecular complexity index is 633. The third-order valence-electron chi connectivity index (χ3n) is 4.07. The van der Waals surface area contributed by atoms with E-state index in [-0.39, 0.29) is 18.0 Å². The molecule has 1 fully saturated rings. The van der Waals surface area contributed by atoms with Gasteiger partial charge in [0.15, 0.2) is 0 Å². The minimum atomic E-state index is -0.346. The van der Waals surface area contributed by atoms with Crippen molar-refractivity contribution in [3.8, 4) is 6.07 Å². The number of nitrogens with zero attached hydrogens (tertiary/aromatic N) is 3. The highest BCUT2D eigenvalue weighted by molar-refractivity contribution is 5.95. The van der Waals surface area contributed by atoms with Crippen molar-refractivity contribution in [2.24, 2.45) is 0 Å². The molecule has 1 atom stereocenters. The number of anilines is 1. The second kappa shape index (κ2) is 8.31. The molecule has 1 aromatic rings. The van der Waals surface area contributed by atoms with Crippen molar-refractivity contribution < 1.29 is 14.3 Å². The third kappa shape index (κ3) is 4.24. The van der Waals surface area contributed by atoms with Crippen molar-refractivity contribution in [2.75, 3.05) is 38.1 Å². The molecule has 0 spiro atoms. The number of ether oxygens (including phenoxy) is 1. The van der Waals surface area contributed by atoms with Gasteiger partial charge in [0.25, 0.3) is 0 Å². The van der Waals surface area contributed by atoms with E-state index in [1.54, 1.807) is 36.1 Å². The monoisotopic (exact) mass is 330 g/mol. The quantitative estimate of drug-likeness (QED) is 0.907. The van der Waals surface area contributed by atoms with E-state index < -0.39 is 0 Å². The van der Waals surface area contributed by atoms with Crippen LogP contribution in [0.1, 0.15) is 19.4 Å². The first kappa shape index (κ1) is 17.8. The molecular formula is C17H22N4O3. The van der Waals surface area contributed by atoms with E-state index in [0.717, 1.165) is 0 Å². The van der Waals surface area contributed by atoms with Gasteiger partial charge in [-0.05, 0) is 26.0 Å². The number of nitriles is 1. The highest BCUT2D eigenvalue weighted by atomic mass is 16.6. The Balaban J connectivity index is 1.91. The van der Waals surface area contributed by atoms with Crippen LogP contribution in [0.15, 0.2) is 24.3 Å². The summed E-state index contributed by atoms with van der Waals surface area (Å²) in [6.45, 7) is 6.23. The largest absolute Gasteiger partial charge is 0.450 e. The van der Waals surface area contributed by atoms with E-state index in [9.17, 15) is 9.59 Å². The Hall–Kier alpha value is -2.59. The van der Waals surface area contributed by atoms with Crippen LogP contribution in [0.4, 0.5) is 10.5 Å². The van der Waals surface area contributed by atoms with Gasteiger partial charge in [-0.3, -0.25) is 9.69 Å². The van der Waals surface area contributed by atoms with Gasteiger partial charge < -0.3 is 15.0 Å². The predicted molar refractivity (Wildman–Crippen MR) is 89.4 cm³/mol. The summed E-state index contributed by atoms with van der Waals surface area (Å²) in [6, 6.07) is 8.63. The van der Waals surface area contributed by atoms with Crippen LogP contribution in [0.5, 0.6) is 0 Å². The molecule has 2 rings (SSSR count). The Labute approximate surface area is 141 Å². The van der Waals surface area contributed by atoms with Crippen LogP contribution >= 0.6 is 0 Å². The Kier molecular flexibility index (Phi) is 6.15. The maximum atomic E-state index is 12.4. The van der Waals surface area contributed by atoms with Crippen molar-refractivity contribution in [1.29, 1.82) is 5.26 Å². The maximum absolute atomic E-state index is 12.4. The first-order chi connectivity index (χ1) is 11.6. The number of carbonyl (C=O) groups is 2. The fraction of sp³-hybridized carbons (Fsp3) is 0.471. The molecule has 0 saturated carbocycles. The molecule has 0 radical (unpaired) electrons. The summed E-state index contributed by atoms with van der Waals surface area (Å²) in [5, 5.41) is 11.9. The first-order valence-corrected chi connectivity index (χ1v) is 8.02. The molecule has 1 aromatic carbocycles. The Morgan fingerprint density at radius 2 is 1.96 bits per heavy atom. The van der Waals surface area contributed by atoms with Crippen molar-refractivity contribution >= 4 is 17.7 Å². The lowest BCUT2D eigenvalue weighted by Gasteiger charge is -2.36. The molecule has 128 valence electrons. The lowest BCUT2D eigenvalue weighted by molar-refractivity contribution is -0.121. The van der Waals surface area contributed by atoms with Gasteiger partial charge >= 0.3 is 6.09 Å². The number of nitrogens with one attached hydrogen (secondary N) is 1. The van der Waals surface area contributed by atoms with Crippen LogP contribution in [0.3, 0.4) is 0 Å². The van der Waals surface area contributed by atoms with Gasteiger partial charge in [0.05, 0.1) is 23.9 Å². The summed E-state index contributed by atoms with van der Waals surface area (Å²) < 4.78 is 4.99.